The number of aliphatic carboxylic acids is 1. The Morgan fingerprint density at radius 1 is 1.53 bits per heavy atom. The summed E-state index contributed by atoms with van der Waals surface area (Å²) in [5.74, 6) is 0.191. The number of ether oxygens (including phenoxy) is 1. The highest BCUT2D eigenvalue weighted by atomic mass is 16.5. The van der Waals surface area contributed by atoms with Gasteiger partial charge in [0.1, 0.15) is 0 Å². The van der Waals surface area contributed by atoms with Crippen molar-refractivity contribution < 1.29 is 14.6 Å². The van der Waals surface area contributed by atoms with Crippen LogP contribution in [0.2, 0.25) is 0 Å². The number of hydrogen-bond donors (Lipinski definition) is 1. The molecule has 0 spiro atoms. The molecule has 7 heteroatoms. The molecule has 0 amide bonds. The Kier molecular flexibility index (Phi) is 4.14. The first-order chi connectivity index (χ1) is 9.09. The van der Waals surface area contributed by atoms with Crippen molar-refractivity contribution in [2.45, 2.75) is 45.6 Å². The summed E-state index contributed by atoms with van der Waals surface area (Å²) >= 11 is 0. The second-order valence-electron chi connectivity index (χ2n) is 5.20. The van der Waals surface area contributed by atoms with Gasteiger partial charge in [-0.25, -0.2) is 4.68 Å². The molecule has 1 aliphatic rings. The Balaban J connectivity index is 2.22. The van der Waals surface area contributed by atoms with E-state index in [1.54, 1.807) is 4.68 Å². The number of carbonyl (C=O) groups is 1. The third-order valence-corrected chi connectivity index (χ3v) is 3.97. The SMILES string of the molecule is CCC(C)c1nnnn1CC1(C(=O)O)CCOCC1. The van der Waals surface area contributed by atoms with E-state index in [-0.39, 0.29) is 5.92 Å². The standard InChI is InChI=1S/C12H20N4O3/c1-3-9(2)10-13-14-15-16(10)8-12(11(17)18)4-6-19-7-5-12/h9H,3-8H2,1-2H3,(H,17,18). The summed E-state index contributed by atoms with van der Waals surface area (Å²) in [6.07, 6.45) is 1.92. The van der Waals surface area contributed by atoms with E-state index in [0.717, 1.165) is 12.2 Å². The molecule has 1 saturated heterocycles. The Morgan fingerprint density at radius 2 is 2.21 bits per heavy atom. The minimum atomic E-state index is -0.810. The molecule has 1 aromatic rings. The summed E-state index contributed by atoms with van der Waals surface area (Å²) in [4.78, 5) is 11.6. The van der Waals surface area contributed by atoms with Gasteiger partial charge in [0.15, 0.2) is 5.82 Å². The third kappa shape index (κ3) is 2.75. The predicted molar refractivity (Wildman–Crippen MR) is 66.6 cm³/mol. The molecular weight excluding hydrogens is 248 g/mol. The van der Waals surface area contributed by atoms with Gasteiger partial charge in [-0.2, -0.15) is 0 Å². The van der Waals surface area contributed by atoms with Crippen LogP contribution in [0.3, 0.4) is 0 Å². The normalized spacial score (nSPS) is 20.1. The molecule has 1 N–H and O–H groups in total. The van der Waals surface area contributed by atoms with Crippen molar-refractivity contribution in [3.05, 3.63) is 5.82 Å². The molecule has 1 fully saturated rings. The van der Waals surface area contributed by atoms with Gasteiger partial charge in [0.25, 0.3) is 0 Å². The fraction of sp³-hybridized carbons (Fsp3) is 0.833. The van der Waals surface area contributed by atoms with Crippen LogP contribution in [-0.4, -0.2) is 44.5 Å². The van der Waals surface area contributed by atoms with Crippen molar-refractivity contribution in [1.29, 1.82) is 0 Å². The van der Waals surface area contributed by atoms with Gasteiger partial charge in [-0.1, -0.05) is 13.8 Å². The van der Waals surface area contributed by atoms with E-state index >= 15 is 0 Å². The number of nitrogens with zero attached hydrogens (tertiary/aromatic N) is 4. The van der Waals surface area contributed by atoms with E-state index in [9.17, 15) is 9.90 Å². The first-order valence-corrected chi connectivity index (χ1v) is 6.66. The number of hydrogen-bond acceptors (Lipinski definition) is 5. The van der Waals surface area contributed by atoms with Crippen LogP contribution in [0.15, 0.2) is 0 Å². The predicted octanol–water partition coefficient (Wildman–Crippen LogP) is 1.07. The summed E-state index contributed by atoms with van der Waals surface area (Å²) < 4.78 is 6.92. The number of carboxylic acid groups (broad SMARTS) is 1. The number of rotatable bonds is 5. The van der Waals surface area contributed by atoms with Gasteiger partial charge in [-0.3, -0.25) is 4.79 Å². The van der Waals surface area contributed by atoms with Gasteiger partial charge in [0, 0.05) is 19.1 Å². The maximum absolute atomic E-state index is 11.6. The van der Waals surface area contributed by atoms with E-state index in [1.165, 1.54) is 0 Å². The van der Waals surface area contributed by atoms with Crippen LogP contribution in [0, 0.1) is 5.41 Å². The molecule has 0 bridgehead atoms. The van der Waals surface area contributed by atoms with Crippen molar-refractivity contribution in [3.8, 4) is 0 Å². The monoisotopic (exact) mass is 268 g/mol. The van der Waals surface area contributed by atoms with E-state index in [0.29, 0.717) is 32.6 Å². The molecule has 0 aliphatic carbocycles. The quantitative estimate of drug-likeness (QED) is 0.859. The van der Waals surface area contributed by atoms with Gasteiger partial charge in [0.2, 0.25) is 0 Å². The Bertz CT molecular complexity index is 440. The molecular formula is C12H20N4O3. The lowest BCUT2D eigenvalue weighted by Gasteiger charge is -2.33. The summed E-state index contributed by atoms with van der Waals surface area (Å²) in [7, 11) is 0. The topological polar surface area (TPSA) is 90.1 Å². The van der Waals surface area contributed by atoms with Crippen molar-refractivity contribution in [3.63, 3.8) is 0 Å². The summed E-state index contributed by atoms with van der Waals surface area (Å²) in [5, 5.41) is 21.2. The zero-order chi connectivity index (χ0) is 13.9. The van der Waals surface area contributed by atoms with Crippen molar-refractivity contribution in [1.82, 2.24) is 20.2 Å². The van der Waals surface area contributed by atoms with Gasteiger partial charge in [-0.05, 0) is 29.7 Å². The highest BCUT2D eigenvalue weighted by Gasteiger charge is 2.41. The third-order valence-electron chi connectivity index (χ3n) is 3.97. The molecule has 1 atom stereocenters. The van der Waals surface area contributed by atoms with E-state index < -0.39 is 11.4 Å². The van der Waals surface area contributed by atoms with Gasteiger partial charge < -0.3 is 9.84 Å². The number of aromatic nitrogens is 4. The lowest BCUT2D eigenvalue weighted by Crippen LogP contribution is -2.41. The number of tetrazole rings is 1. The van der Waals surface area contributed by atoms with Crippen molar-refractivity contribution >= 4 is 5.97 Å². The molecule has 19 heavy (non-hydrogen) atoms. The molecule has 2 rings (SSSR count). The first kappa shape index (κ1) is 13.9. The average Bonchev–Trinajstić information content (AvgIpc) is 2.86. The highest BCUT2D eigenvalue weighted by Crippen LogP contribution is 2.33. The van der Waals surface area contributed by atoms with Crippen LogP contribution in [0.25, 0.3) is 0 Å². The fourth-order valence-electron chi connectivity index (χ4n) is 2.35. The minimum Gasteiger partial charge on any atom is -0.481 e. The van der Waals surface area contributed by atoms with Crippen LogP contribution in [0.5, 0.6) is 0 Å². The van der Waals surface area contributed by atoms with Gasteiger partial charge >= 0.3 is 5.97 Å². The second kappa shape index (κ2) is 5.64. The molecule has 106 valence electrons. The molecule has 2 heterocycles. The van der Waals surface area contributed by atoms with Crippen LogP contribution >= 0.6 is 0 Å². The van der Waals surface area contributed by atoms with Crippen molar-refractivity contribution in [2.24, 2.45) is 5.41 Å². The molecule has 0 saturated carbocycles. The van der Waals surface area contributed by atoms with Crippen LogP contribution in [0.1, 0.15) is 44.9 Å². The maximum Gasteiger partial charge on any atom is 0.311 e. The van der Waals surface area contributed by atoms with Crippen molar-refractivity contribution in [2.75, 3.05) is 13.2 Å². The van der Waals surface area contributed by atoms with E-state index in [4.69, 9.17) is 4.74 Å². The van der Waals surface area contributed by atoms with Crippen LogP contribution in [0.4, 0.5) is 0 Å². The molecule has 0 aromatic carbocycles. The van der Waals surface area contributed by atoms with E-state index in [1.807, 2.05) is 6.92 Å². The fourth-order valence-corrected chi connectivity index (χ4v) is 2.35. The smallest absolute Gasteiger partial charge is 0.311 e. The lowest BCUT2D eigenvalue weighted by molar-refractivity contribution is -0.156. The largest absolute Gasteiger partial charge is 0.481 e. The zero-order valence-corrected chi connectivity index (χ0v) is 11.4. The lowest BCUT2D eigenvalue weighted by atomic mass is 9.80. The number of carboxylic acids is 1. The van der Waals surface area contributed by atoms with Gasteiger partial charge in [-0.15, -0.1) is 5.10 Å². The molecule has 1 aliphatic heterocycles. The van der Waals surface area contributed by atoms with Crippen LogP contribution < -0.4 is 0 Å². The minimum absolute atomic E-state index is 0.223. The molecule has 1 aromatic heterocycles. The van der Waals surface area contributed by atoms with E-state index in [2.05, 4.69) is 22.4 Å². The average molecular weight is 268 g/mol. The molecule has 1 unspecified atom stereocenters. The highest BCUT2D eigenvalue weighted by molar-refractivity contribution is 5.74. The molecule has 0 radical (unpaired) electrons. The maximum atomic E-state index is 11.6. The zero-order valence-electron chi connectivity index (χ0n) is 11.4. The molecule has 7 nitrogen and oxygen atoms in total. The first-order valence-electron chi connectivity index (χ1n) is 6.66. The van der Waals surface area contributed by atoms with Crippen LogP contribution in [-0.2, 0) is 16.1 Å². The Hall–Kier alpha value is -1.50. The second-order valence-corrected chi connectivity index (χ2v) is 5.20. The summed E-state index contributed by atoms with van der Waals surface area (Å²) in [6.45, 7) is 5.38. The summed E-state index contributed by atoms with van der Waals surface area (Å²) in [5.41, 5.74) is -0.810. The Morgan fingerprint density at radius 3 is 2.79 bits per heavy atom. The summed E-state index contributed by atoms with van der Waals surface area (Å²) in [6, 6.07) is 0. The van der Waals surface area contributed by atoms with Gasteiger partial charge in [0.05, 0.1) is 12.0 Å². The Labute approximate surface area is 111 Å².